The molecule has 1 amide bonds. The van der Waals surface area contributed by atoms with Crippen molar-refractivity contribution in [2.45, 2.75) is 19.0 Å². The first-order chi connectivity index (χ1) is 9.82. The van der Waals surface area contributed by atoms with Gasteiger partial charge >= 0.3 is 6.18 Å². The maximum Gasteiger partial charge on any atom is 0.393 e. The highest BCUT2D eigenvalue weighted by Crippen LogP contribution is 2.36. The van der Waals surface area contributed by atoms with Crippen LogP contribution in [0.1, 0.15) is 23.2 Å². The van der Waals surface area contributed by atoms with Crippen molar-refractivity contribution in [1.29, 1.82) is 0 Å². The molecule has 1 saturated heterocycles. The van der Waals surface area contributed by atoms with E-state index in [4.69, 9.17) is 5.73 Å². The second-order valence-corrected chi connectivity index (χ2v) is 5.18. The summed E-state index contributed by atoms with van der Waals surface area (Å²) < 4.78 is 38.5. The van der Waals surface area contributed by atoms with Gasteiger partial charge in [-0.1, -0.05) is 0 Å². The van der Waals surface area contributed by atoms with Gasteiger partial charge in [-0.15, -0.1) is 0 Å². The van der Waals surface area contributed by atoms with Crippen LogP contribution in [0.25, 0.3) is 0 Å². The predicted octanol–water partition coefficient (Wildman–Crippen LogP) is 2.41. The molecule has 1 aromatic rings. The van der Waals surface area contributed by atoms with E-state index in [0.29, 0.717) is 29.9 Å². The number of rotatable bonds is 2. The number of carbonyl (C=O) groups excluding carboxylic acids is 1. The smallest absolute Gasteiger partial charge is 0.393 e. The summed E-state index contributed by atoms with van der Waals surface area (Å²) in [5, 5.41) is 2.48. The molecule has 0 aliphatic carbocycles. The van der Waals surface area contributed by atoms with Crippen LogP contribution in [-0.2, 0) is 0 Å². The molecule has 1 unspecified atom stereocenters. The first-order valence-electron chi connectivity index (χ1n) is 6.76. The summed E-state index contributed by atoms with van der Waals surface area (Å²) in [6, 6.07) is 4.67. The SMILES string of the molecule is CNC(=O)c1ccc(N2CCCC(C(F)(F)F)C2)c(N)c1. The molecule has 0 aromatic heterocycles. The lowest BCUT2D eigenvalue weighted by Crippen LogP contribution is -2.42. The van der Waals surface area contributed by atoms with Crippen LogP contribution in [0, 0.1) is 5.92 Å². The molecule has 0 radical (unpaired) electrons. The van der Waals surface area contributed by atoms with E-state index in [2.05, 4.69) is 5.32 Å². The van der Waals surface area contributed by atoms with Crippen molar-refractivity contribution in [1.82, 2.24) is 5.32 Å². The Bertz CT molecular complexity index is 531. The number of halogens is 3. The van der Waals surface area contributed by atoms with Crippen LogP contribution in [0.3, 0.4) is 0 Å². The molecule has 0 bridgehead atoms. The summed E-state index contributed by atoms with van der Waals surface area (Å²) in [4.78, 5) is 13.2. The maximum absolute atomic E-state index is 12.8. The fraction of sp³-hybridized carbons (Fsp3) is 0.500. The van der Waals surface area contributed by atoms with Gasteiger partial charge in [0.2, 0.25) is 0 Å². The zero-order valence-electron chi connectivity index (χ0n) is 11.7. The van der Waals surface area contributed by atoms with Gasteiger partial charge in [-0.25, -0.2) is 0 Å². The van der Waals surface area contributed by atoms with Crippen molar-refractivity contribution in [2.75, 3.05) is 30.8 Å². The van der Waals surface area contributed by atoms with E-state index in [1.165, 1.54) is 13.1 Å². The number of hydrogen-bond donors (Lipinski definition) is 2. The number of nitrogens with one attached hydrogen (secondary N) is 1. The number of nitrogens with two attached hydrogens (primary N) is 1. The van der Waals surface area contributed by atoms with Gasteiger partial charge in [0.25, 0.3) is 5.91 Å². The van der Waals surface area contributed by atoms with Gasteiger partial charge in [-0.05, 0) is 31.0 Å². The van der Waals surface area contributed by atoms with Crippen molar-refractivity contribution < 1.29 is 18.0 Å². The number of nitrogens with zero attached hydrogens (tertiary/aromatic N) is 1. The fourth-order valence-electron chi connectivity index (χ4n) is 2.59. The van der Waals surface area contributed by atoms with Gasteiger partial charge in [0.15, 0.2) is 0 Å². The third-order valence-electron chi connectivity index (χ3n) is 3.74. The van der Waals surface area contributed by atoms with Crippen LogP contribution in [-0.4, -0.2) is 32.2 Å². The number of anilines is 2. The van der Waals surface area contributed by atoms with Gasteiger partial charge in [-0.3, -0.25) is 4.79 Å². The molecule has 2 rings (SSSR count). The van der Waals surface area contributed by atoms with Crippen LogP contribution < -0.4 is 16.0 Å². The molecule has 116 valence electrons. The summed E-state index contributed by atoms with van der Waals surface area (Å²) >= 11 is 0. The second-order valence-electron chi connectivity index (χ2n) is 5.18. The molecular formula is C14H18F3N3O. The fourth-order valence-corrected chi connectivity index (χ4v) is 2.59. The van der Waals surface area contributed by atoms with E-state index in [-0.39, 0.29) is 18.9 Å². The summed E-state index contributed by atoms with van der Waals surface area (Å²) in [6.45, 7) is 0.448. The van der Waals surface area contributed by atoms with Gasteiger partial charge < -0.3 is 16.0 Å². The number of amides is 1. The lowest BCUT2D eigenvalue weighted by atomic mass is 9.96. The largest absolute Gasteiger partial charge is 0.397 e. The number of benzene rings is 1. The van der Waals surface area contributed by atoms with E-state index in [1.54, 1.807) is 17.0 Å². The highest BCUT2D eigenvalue weighted by atomic mass is 19.4. The Labute approximate surface area is 121 Å². The molecule has 1 heterocycles. The highest BCUT2D eigenvalue weighted by Gasteiger charge is 2.42. The minimum Gasteiger partial charge on any atom is -0.397 e. The first kappa shape index (κ1) is 15.5. The Morgan fingerprint density at radius 2 is 2.14 bits per heavy atom. The van der Waals surface area contributed by atoms with Crippen LogP contribution in [0.2, 0.25) is 0 Å². The predicted molar refractivity (Wildman–Crippen MR) is 75.2 cm³/mol. The Balaban J connectivity index is 2.20. The second kappa shape index (κ2) is 5.83. The average Bonchev–Trinajstić information content (AvgIpc) is 2.45. The van der Waals surface area contributed by atoms with Crippen molar-refractivity contribution >= 4 is 17.3 Å². The Kier molecular flexibility index (Phi) is 4.29. The van der Waals surface area contributed by atoms with Gasteiger partial charge in [0, 0.05) is 25.7 Å². The van der Waals surface area contributed by atoms with Crippen molar-refractivity contribution in [3.05, 3.63) is 23.8 Å². The Morgan fingerprint density at radius 1 is 1.43 bits per heavy atom. The molecule has 1 fully saturated rings. The molecule has 1 aliphatic rings. The van der Waals surface area contributed by atoms with Crippen LogP contribution in [0.5, 0.6) is 0 Å². The molecular weight excluding hydrogens is 283 g/mol. The number of alkyl halides is 3. The third kappa shape index (κ3) is 3.40. The summed E-state index contributed by atoms with van der Waals surface area (Å²) in [6.07, 6.45) is -3.56. The summed E-state index contributed by atoms with van der Waals surface area (Å²) in [5.74, 6) is -1.61. The lowest BCUT2D eigenvalue weighted by Gasteiger charge is -2.35. The van der Waals surface area contributed by atoms with Crippen molar-refractivity contribution in [3.63, 3.8) is 0 Å². The van der Waals surface area contributed by atoms with Crippen molar-refractivity contribution in [2.24, 2.45) is 5.92 Å². The molecule has 0 spiro atoms. The minimum absolute atomic E-state index is 0.0903. The molecule has 7 heteroatoms. The minimum atomic E-state index is -4.19. The van der Waals surface area contributed by atoms with E-state index in [1.807, 2.05) is 0 Å². The van der Waals surface area contributed by atoms with E-state index in [9.17, 15) is 18.0 Å². The van der Waals surface area contributed by atoms with E-state index < -0.39 is 12.1 Å². The van der Waals surface area contributed by atoms with Crippen molar-refractivity contribution in [3.8, 4) is 0 Å². The zero-order chi connectivity index (χ0) is 15.6. The lowest BCUT2D eigenvalue weighted by molar-refractivity contribution is -0.175. The van der Waals surface area contributed by atoms with Crippen LogP contribution in [0.15, 0.2) is 18.2 Å². The van der Waals surface area contributed by atoms with E-state index >= 15 is 0 Å². The topological polar surface area (TPSA) is 58.4 Å². The van der Waals surface area contributed by atoms with Crippen LogP contribution in [0.4, 0.5) is 24.5 Å². The van der Waals surface area contributed by atoms with E-state index in [0.717, 1.165) is 0 Å². The molecule has 4 nitrogen and oxygen atoms in total. The average molecular weight is 301 g/mol. The highest BCUT2D eigenvalue weighted by molar-refractivity contribution is 5.96. The molecule has 1 aliphatic heterocycles. The molecule has 21 heavy (non-hydrogen) atoms. The first-order valence-corrected chi connectivity index (χ1v) is 6.76. The van der Waals surface area contributed by atoms with Gasteiger partial charge in [0.05, 0.1) is 17.3 Å². The molecule has 1 aromatic carbocycles. The normalized spacial score (nSPS) is 19.4. The number of hydrogen-bond acceptors (Lipinski definition) is 3. The number of carbonyl (C=O) groups is 1. The zero-order valence-corrected chi connectivity index (χ0v) is 11.7. The summed E-state index contributed by atoms with van der Waals surface area (Å²) in [5.41, 5.74) is 7.16. The third-order valence-corrected chi connectivity index (χ3v) is 3.74. The number of nitrogen functional groups attached to an aromatic ring is 1. The standard InChI is InChI=1S/C14H18F3N3O/c1-19-13(21)9-4-5-12(11(18)7-9)20-6-2-3-10(8-20)14(15,16)17/h4-5,7,10H,2-3,6,8,18H2,1H3,(H,19,21). The monoisotopic (exact) mass is 301 g/mol. The molecule has 1 atom stereocenters. The Morgan fingerprint density at radius 3 is 2.71 bits per heavy atom. The maximum atomic E-state index is 12.8. The van der Waals surface area contributed by atoms with Gasteiger partial charge in [0.1, 0.15) is 0 Å². The number of piperidine rings is 1. The quantitative estimate of drug-likeness (QED) is 0.825. The Hall–Kier alpha value is -1.92. The summed E-state index contributed by atoms with van der Waals surface area (Å²) in [7, 11) is 1.50. The van der Waals surface area contributed by atoms with Crippen LogP contribution >= 0.6 is 0 Å². The molecule has 0 saturated carbocycles. The van der Waals surface area contributed by atoms with Gasteiger partial charge in [-0.2, -0.15) is 13.2 Å². The molecule has 3 N–H and O–H groups in total.